The third kappa shape index (κ3) is 1.92. The number of ether oxygens (including phenoxy) is 1. The molecular formula is C18H14N2O2. The fourth-order valence-corrected chi connectivity index (χ4v) is 2.51. The highest BCUT2D eigenvalue weighted by Crippen LogP contribution is 2.34. The van der Waals surface area contributed by atoms with Gasteiger partial charge in [0.25, 0.3) is 5.88 Å². The Kier molecular flexibility index (Phi) is 2.82. The SMILES string of the molecule is Cc1cccc(Oc2ncnc3c2oc2ccccc23)c1C. The Bertz CT molecular complexity index is 989. The van der Waals surface area contributed by atoms with E-state index in [2.05, 4.69) is 23.0 Å². The summed E-state index contributed by atoms with van der Waals surface area (Å²) in [6, 6.07) is 13.7. The maximum Gasteiger partial charge on any atom is 0.267 e. The highest BCUT2D eigenvalue weighted by Gasteiger charge is 2.15. The molecule has 0 saturated carbocycles. The lowest BCUT2D eigenvalue weighted by Gasteiger charge is -2.09. The van der Waals surface area contributed by atoms with Gasteiger partial charge in [-0.3, -0.25) is 0 Å². The summed E-state index contributed by atoms with van der Waals surface area (Å²) in [5.41, 5.74) is 4.39. The number of furan rings is 1. The van der Waals surface area contributed by atoms with E-state index in [4.69, 9.17) is 9.15 Å². The molecule has 4 heteroatoms. The molecule has 4 nitrogen and oxygen atoms in total. The molecule has 0 aliphatic heterocycles. The molecular weight excluding hydrogens is 276 g/mol. The normalized spacial score (nSPS) is 11.2. The van der Waals surface area contributed by atoms with Crippen molar-refractivity contribution in [3.8, 4) is 11.6 Å². The van der Waals surface area contributed by atoms with E-state index in [1.54, 1.807) is 0 Å². The summed E-state index contributed by atoms with van der Waals surface area (Å²) in [6.07, 6.45) is 1.50. The number of rotatable bonds is 2. The predicted molar refractivity (Wildman–Crippen MR) is 85.3 cm³/mol. The standard InChI is InChI=1S/C18H14N2O2/c1-11-6-5-9-14(12(11)2)22-18-17-16(19-10-20-18)13-7-3-4-8-15(13)21-17/h3-10H,1-2H3. The first-order valence-electron chi connectivity index (χ1n) is 7.10. The van der Waals surface area contributed by atoms with Gasteiger partial charge < -0.3 is 9.15 Å². The Morgan fingerprint density at radius 2 is 1.82 bits per heavy atom. The van der Waals surface area contributed by atoms with Crippen LogP contribution in [0.4, 0.5) is 0 Å². The van der Waals surface area contributed by atoms with Gasteiger partial charge in [0.15, 0.2) is 0 Å². The van der Waals surface area contributed by atoms with Crippen LogP contribution in [0.2, 0.25) is 0 Å². The first-order chi connectivity index (χ1) is 10.7. The molecule has 0 aliphatic carbocycles. The Labute approximate surface area is 127 Å². The van der Waals surface area contributed by atoms with E-state index in [1.807, 2.05) is 43.3 Å². The minimum atomic E-state index is 0.440. The molecule has 4 rings (SSSR count). The highest BCUT2D eigenvalue weighted by atomic mass is 16.5. The van der Waals surface area contributed by atoms with Crippen LogP contribution in [-0.2, 0) is 0 Å². The van der Waals surface area contributed by atoms with Crippen LogP contribution in [0.15, 0.2) is 53.2 Å². The smallest absolute Gasteiger partial charge is 0.267 e. The van der Waals surface area contributed by atoms with E-state index in [-0.39, 0.29) is 0 Å². The summed E-state index contributed by atoms with van der Waals surface area (Å²) >= 11 is 0. The summed E-state index contributed by atoms with van der Waals surface area (Å²) in [7, 11) is 0. The van der Waals surface area contributed by atoms with E-state index >= 15 is 0 Å². The van der Waals surface area contributed by atoms with E-state index < -0.39 is 0 Å². The van der Waals surface area contributed by atoms with Crippen LogP contribution in [0.25, 0.3) is 22.1 Å². The second-order valence-electron chi connectivity index (χ2n) is 5.25. The van der Waals surface area contributed by atoms with Gasteiger partial charge in [0.1, 0.15) is 23.2 Å². The molecule has 2 aromatic heterocycles. The Balaban J connectivity index is 1.90. The molecule has 108 valence electrons. The largest absolute Gasteiger partial charge is 0.449 e. The van der Waals surface area contributed by atoms with Crippen molar-refractivity contribution in [1.29, 1.82) is 0 Å². The van der Waals surface area contributed by atoms with Crippen molar-refractivity contribution >= 4 is 22.1 Å². The summed E-state index contributed by atoms with van der Waals surface area (Å²) in [4.78, 5) is 8.57. The molecule has 0 spiro atoms. The number of hydrogen-bond acceptors (Lipinski definition) is 4. The molecule has 22 heavy (non-hydrogen) atoms. The zero-order valence-corrected chi connectivity index (χ0v) is 12.3. The Morgan fingerprint density at radius 3 is 2.73 bits per heavy atom. The van der Waals surface area contributed by atoms with Crippen LogP contribution in [0.3, 0.4) is 0 Å². The number of para-hydroxylation sites is 1. The number of nitrogens with zero attached hydrogens (tertiary/aromatic N) is 2. The number of aryl methyl sites for hydroxylation is 1. The monoisotopic (exact) mass is 290 g/mol. The maximum absolute atomic E-state index is 5.99. The van der Waals surface area contributed by atoms with Gasteiger partial charge in [-0.15, -0.1) is 0 Å². The fraction of sp³-hybridized carbons (Fsp3) is 0.111. The number of aromatic nitrogens is 2. The molecule has 0 fully saturated rings. The van der Waals surface area contributed by atoms with Crippen molar-refractivity contribution in [3.05, 3.63) is 59.9 Å². The van der Waals surface area contributed by atoms with Crippen molar-refractivity contribution in [3.63, 3.8) is 0 Å². The van der Waals surface area contributed by atoms with Gasteiger partial charge in [0.2, 0.25) is 5.58 Å². The molecule has 0 atom stereocenters. The van der Waals surface area contributed by atoms with Crippen LogP contribution >= 0.6 is 0 Å². The van der Waals surface area contributed by atoms with Crippen LogP contribution < -0.4 is 4.74 Å². The van der Waals surface area contributed by atoms with Gasteiger partial charge in [0, 0.05) is 5.39 Å². The summed E-state index contributed by atoms with van der Waals surface area (Å²) < 4.78 is 11.9. The number of hydrogen-bond donors (Lipinski definition) is 0. The van der Waals surface area contributed by atoms with E-state index in [1.165, 1.54) is 11.9 Å². The average molecular weight is 290 g/mol. The fourth-order valence-electron chi connectivity index (χ4n) is 2.51. The van der Waals surface area contributed by atoms with Gasteiger partial charge in [-0.25, -0.2) is 4.98 Å². The molecule has 0 N–H and O–H groups in total. The predicted octanol–water partition coefficient (Wildman–Crippen LogP) is 4.79. The Morgan fingerprint density at radius 1 is 0.955 bits per heavy atom. The molecule has 0 unspecified atom stereocenters. The molecule has 0 saturated heterocycles. The van der Waals surface area contributed by atoms with Gasteiger partial charge >= 0.3 is 0 Å². The average Bonchev–Trinajstić information content (AvgIpc) is 2.92. The van der Waals surface area contributed by atoms with E-state index in [9.17, 15) is 0 Å². The maximum atomic E-state index is 5.99. The van der Waals surface area contributed by atoms with Crippen molar-refractivity contribution < 1.29 is 9.15 Å². The van der Waals surface area contributed by atoms with E-state index in [0.29, 0.717) is 11.5 Å². The molecule has 0 aliphatic rings. The molecule has 0 radical (unpaired) electrons. The minimum absolute atomic E-state index is 0.440. The van der Waals surface area contributed by atoms with Crippen LogP contribution in [0.1, 0.15) is 11.1 Å². The summed E-state index contributed by atoms with van der Waals surface area (Å²) in [6.45, 7) is 4.08. The molecule has 2 heterocycles. The number of benzene rings is 2. The second-order valence-corrected chi connectivity index (χ2v) is 5.25. The molecule has 0 bridgehead atoms. The second kappa shape index (κ2) is 4.84. The lowest BCUT2D eigenvalue weighted by atomic mass is 10.1. The van der Waals surface area contributed by atoms with Crippen LogP contribution in [0.5, 0.6) is 11.6 Å². The highest BCUT2D eigenvalue weighted by molar-refractivity contribution is 6.03. The van der Waals surface area contributed by atoms with Gasteiger partial charge in [-0.1, -0.05) is 24.3 Å². The van der Waals surface area contributed by atoms with Crippen molar-refractivity contribution in [2.75, 3.05) is 0 Å². The van der Waals surface area contributed by atoms with Gasteiger partial charge in [-0.2, -0.15) is 4.98 Å². The zero-order valence-electron chi connectivity index (χ0n) is 12.3. The van der Waals surface area contributed by atoms with Gasteiger partial charge in [-0.05, 0) is 43.2 Å². The first kappa shape index (κ1) is 12.8. The molecule has 2 aromatic carbocycles. The van der Waals surface area contributed by atoms with Gasteiger partial charge in [0.05, 0.1) is 0 Å². The molecule has 4 aromatic rings. The Hall–Kier alpha value is -2.88. The van der Waals surface area contributed by atoms with Crippen LogP contribution in [0, 0.1) is 13.8 Å². The third-order valence-electron chi connectivity index (χ3n) is 3.89. The zero-order chi connectivity index (χ0) is 15.1. The number of fused-ring (bicyclic) bond motifs is 3. The minimum Gasteiger partial charge on any atom is -0.449 e. The molecule has 0 amide bonds. The van der Waals surface area contributed by atoms with Crippen LogP contribution in [-0.4, -0.2) is 9.97 Å². The first-order valence-corrected chi connectivity index (χ1v) is 7.10. The third-order valence-corrected chi connectivity index (χ3v) is 3.89. The summed E-state index contributed by atoms with van der Waals surface area (Å²) in [5, 5.41) is 0.964. The van der Waals surface area contributed by atoms with E-state index in [0.717, 1.165) is 27.8 Å². The topological polar surface area (TPSA) is 48.2 Å². The van der Waals surface area contributed by atoms with Crippen molar-refractivity contribution in [1.82, 2.24) is 9.97 Å². The van der Waals surface area contributed by atoms with Crippen molar-refractivity contribution in [2.45, 2.75) is 13.8 Å². The summed E-state index contributed by atoms with van der Waals surface area (Å²) in [5.74, 6) is 1.22. The quantitative estimate of drug-likeness (QED) is 0.533. The lowest BCUT2D eigenvalue weighted by molar-refractivity contribution is 0.452. The van der Waals surface area contributed by atoms with Crippen molar-refractivity contribution in [2.24, 2.45) is 0 Å². The lowest BCUT2D eigenvalue weighted by Crippen LogP contribution is -1.93.